The third kappa shape index (κ3) is 8.31. The molecule has 0 radical (unpaired) electrons. The highest BCUT2D eigenvalue weighted by Gasteiger charge is 2.20. The fourth-order valence-electron chi connectivity index (χ4n) is 2.23. The fourth-order valence-corrected chi connectivity index (χ4v) is 2.40. The lowest BCUT2D eigenvalue weighted by molar-refractivity contribution is -0.881. The van der Waals surface area contributed by atoms with E-state index >= 15 is 0 Å². The number of halogens is 1. The van der Waals surface area contributed by atoms with Gasteiger partial charge in [0.1, 0.15) is 0 Å². The van der Waals surface area contributed by atoms with Gasteiger partial charge in [-0.2, -0.15) is 0 Å². The summed E-state index contributed by atoms with van der Waals surface area (Å²) in [4.78, 5) is 36.7. The van der Waals surface area contributed by atoms with Gasteiger partial charge in [-0.25, -0.2) is 4.79 Å². The lowest BCUT2D eigenvalue weighted by Gasteiger charge is -2.21. The second kappa shape index (κ2) is 9.54. The number of imide groups is 1. The number of urea groups is 1. The van der Waals surface area contributed by atoms with Crippen molar-refractivity contribution in [3.05, 3.63) is 28.8 Å². The average molecular weight is 384 g/mol. The molecule has 0 saturated heterocycles. The zero-order chi connectivity index (χ0) is 19.9. The normalized spacial score (nSPS) is 12.2. The first-order chi connectivity index (χ1) is 12.0. The molecule has 0 aliphatic rings. The van der Waals surface area contributed by atoms with Crippen LogP contribution in [0.1, 0.15) is 33.3 Å². The monoisotopic (exact) mass is 383 g/mol. The van der Waals surface area contributed by atoms with Crippen LogP contribution >= 0.6 is 11.6 Å². The van der Waals surface area contributed by atoms with Gasteiger partial charge in [-0.3, -0.25) is 14.9 Å². The average Bonchev–Trinajstić information content (AvgIpc) is 2.48. The summed E-state index contributed by atoms with van der Waals surface area (Å²) in [5.74, 6) is -0.658. The fraction of sp³-hybridized carbons (Fsp3) is 0.500. The molecule has 0 aliphatic carbocycles. The molecule has 1 atom stereocenters. The Balaban J connectivity index is 2.55. The maximum atomic E-state index is 12.3. The molecule has 0 bridgehead atoms. The van der Waals surface area contributed by atoms with Crippen molar-refractivity contribution in [1.29, 1.82) is 0 Å². The molecule has 0 aliphatic heterocycles. The predicted molar refractivity (Wildman–Crippen MR) is 102 cm³/mol. The Morgan fingerprint density at radius 2 is 1.73 bits per heavy atom. The standard InChI is InChI=1S/C18H27ClN4O3/c1-6-23(11-16(25)21-17(26)22-18(3,4)5)10-15(24)20-14-9-13(19)8-7-12(14)2/h7-9H,6,10-11H2,1-5H3,(H,20,24)(H2,21,22,25,26)/p+1. The number of anilines is 1. The minimum absolute atomic E-state index is 0.0238. The van der Waals surface area contributed by atoms with Crippen LogP contribution in [0, 0.1) is 6.92 Å². The lowest BCUT2D eigenvalue weighted by Crippen LogP contribution is -3.14. The summed E-state index contributed by atoms with van der Waals surface area (Å²) in [5, 5.41) is 8.28. The Labute approximate surface area is 159 Å². The first-order valence-corrected chi connectivity index (χ1v) is 8.89. The van der Waals surface area contributed by atoms with E-state index in [0.29, 0.717) is 17.3 Å². The van der Waals surface area contributed by atoms with Gasteiger partial charge < -0.3 is 15.5 Å². The van der Waals surface area contributed by atoms with Crippen LogP contribution in [0.4, 0.5) is 10.5 Å². The largest absolute Gasteiger partial charge is 0.333 e. The van der Waals surface area contributed by atoms with E-state index in [0.717, 1.165) is 10.5 Å². The number of rotatable bonds is 6. The van der Waals surface area contributed by atoms with E-state index in [1.807, 2.05) is 40.7 Å². The molecule has 26 heavy (non-hydrogen) atoms. The van der Waals surface area contributed by atoms with E-state index in [2.05, 4.69) is 16.0 Å². The summed E-state index contributed by atoms with van der Waals surface area (Å²) in [7, 11) is 0. The summed E-state index contributed by atoms with van der Waals surface area (Å²) in [5.41, 5.74) is 1.11. The Morgan fingerprint density at radius 3 is 2.31 bits per heavy atom. The summed E-state index contributed by atoms with van der Waals surface area (Å²) in [6.07, 6.45) is 0. The summed E-state index contributed by atoms with van der Waals surface area (Å²) in [6, 6.07) is 4.72. The number of carbonyl (C=O) groups is 3. The number of likely N-dealkylation sites (N-methyl/N-ethyl adjacent to an activating group) is 1. The molecule has 1 rings (SSSR count). The van der Waals surface area contributed by atoms with Gasteiger partial charge in [-0.1, -0.05) is 17.7 Å². The zero-order valence-electron chi connectivity index (χ0n) is 16.0. The molecule has 0 fully saturated rings. The second-order valence-electron chi connectivity index (χ2n) is 7.22. The van der Waals surface area contributed by atoms with E-state index in [-0.39, 0.29) is 19.0 Å². The zero-order valence-corrected chi connectivity index (χ0v) is 16.7. The third-order valence-electron chi connectivity index (χ3n) is 3.54. The molecule has 4 N–H and O–H groups in total. The van der Waals surface area contributed by atoms with Crippen LogP contribution in [0.5, 0.6) is 0 Å². The summed E-state index contributed by atoms with van der Waals surface area (Å²) >= 11 is 5.95. The van der Waals surface area contributed by atoms with E-state index in [9.17, 15) is 14.4 Å². The molecule has 1 unspecified atom stereocenters. The highest BCUT2D eigenvalue weighted by Crippen LogP contribution is 2.19. The highest BCUT2D eigenvalue weighted by molar-refractivity contribution is 6.31. The van der Waals surface area contributed by atoms with Crippen LogP contribution < -0.4 is 20.9 Å². The van der Waals surface area contributed by atoms with Crippen molar-refractivity contribution >= 4 is 35.1 Å². The van der Waals surface area contributed by atoms with Crippen molar-refractivity contribution < 1.29 is 19.3 Å². The highest BCUT2D eigenvalue weighted by atomic mass is 35.5. The maximum Gasteiger partial charge on any atom is 0.322 e. The van der Waals surface area contributed by atoms with Gasteiger partial charge in [0.2, 0.25) is 0 Å². The molecule has 8 heteroatoms. The maximum absolute atomic E-state index is 12.3. The molecular formula is C18H28ClN4O3+. The number of quaternary nitrogens is 1. The Hall–Kier alpha value is -2.12. The van der Waals surface area contributed by atoms with E-state index in [4.69, 9.17) is 11.6 Å². The number of hydrogen-bond donors (Lipinski definition) is 4. The van der Waals surface area contributed by atoms with E-state index in [1.165, 1.54) is 0 Å². The van der Waals surface area contributed by atoms with Crippen molar-refractivity contribution in [3.8, 4) is 0 Å². The number of nitrogens with one attached hydrogen (secondary N) is 4. The molecule has 0 spiro atoms. The minimum atomic E-state index is -0.544. The molecule has 0 aromatic heterocycles. The van der Waals surface area contributed by atoms with Gasteiger partial charge in [-0.15, -0.1) is 0 Å². The van der Waals surface area contributed by atoms with Crippen molar-refractivity contribution in [2.45, 2.75) is 40.2 Å². The van der Waals surface area contributed by atoms with Crippen molar-refractivity contribution in [2.24, 2.45) is 0 Å². The van der Waals surface area contributed by atoms with E-state index in [1.54, 1.807) is 12.1 Å². The molecule has 7 nitrogen and oxygen atoms in total. The quantitative estimate of drug-likeness (QED) is 0.593. The third-order valence-corrected chi connectivity index (χ3v) is 3.77. The molecule has 1 aromatic carbocycles. The van der Waals surface area contributed by atoms with Crippen molar-refractivity contribution in [3.63, 3.8) is 0 Å². The van der Waals surface area contributed by atoms with Crippen LogP contribution in [0.15, 0.2) is 18.2 Å². The van der Waals surface area contributed by atoms with Gasteiger partial charge in [0.05, 0.1) is 6.54 Å². The van der Waals surface area contributed by atoms with Crippen molar-refractivity contribution in [1.82, 2.24) is 10.6 Å². The van der Waals surface area contributed by atoms with Gasteiger partial charge >= 0.3 is 6.03 Å². The number of aryl methyl sites for hydroxylation is 1. The van der Waals surface area contributed by atoms with Crippen LogP contribution in [0.2, 0.25) is 5.02 Å². The van der Waals surface area contributed by atoms with Gasteiger partial charge in [-0.05, 0) is 52.3 Å². The van der Waals surface area contributed by atoms with Crippen LogP contribution in [0.25, 0.3) is 0 Å². The van der Waals surface area contributed by atoms with Gasteiger partial charge in [0, 0.05) is 16.2 Å². The smallest absolute Gasteiger partial charge is 0.322 e. The number of carbonyl (C=O) groups excluding carboxylic acids is 3. The Morgan fingerprint density at radius 1 is 1.12 bits per heavy atom. The van der Waals surface area contributed by atoms with Gasteiger partial charge in [0.25, 0.3) is 11.8 Å². The van der Waals surface area contributed by atoms with Gasteiger partial charge in [0.15, 0.2) is 13.1 Å². The molecular weight excluding hydrogens is 356 g/mol. The summed E-state index contributed by atoms with van der Waals surface area (Å²) < 4.78 is 0. The molecule has 144 valence electrons. The van der Waals surface area contributed by atoms with Crippen LogP contribution in [-0.4, -0.2) is 43.0 Å². The Kier molecular flexibility index (Phi) is 8.05. The van der Waals surface area contributed by atoms with Crippen LogP contribution in [0.3, 0.4) is 0 Å². The number of hydrogen-bond acceptors (Lipinski definition) is 3. The Bertz CT molecular complexity index is 671. The first-order valence-electron chi connectivity index (χ1n) is 8.51. The SMILES string of the molecule is CC[NH+](CC(=O)NC(=O)NC(C)(C)C)CC(=O)Nc1cc(Cl)ccc1C. The second-order valence-corrected chi connectivity index (χ2v) is 7.65. The number of amides is 4. The number of benzene rings is 1. The first kappa shape index (κ1) is 21.9. The molecule has 0 saturated carbocycles. The lowest BCUT2D eigenvalue weighted by atomic mass is 10.1. The summed E-state index contributed by atoms with van der Waals surface area (Å²) in [6.45, 7) is 9.91. The van der Waals surface area contributed by atoms with Crippen molar-refractivity contribution in [2.75, 3.05) is 25.0 Å². The molecule has 0 heterocycles. The van der Waals surface area contributed by atoms with Crippen LogP contribution in [-0.2, 0) is 9.59 Å². The predicted octanol–water partition coefficient (Wildman–Crippen LogP) is 1.12. The van der Waals surface area contributed by atoms with E-state index < -0.39 is 17.5 Å². The molecule has 1 aromatic rings. The molecule has 4 amide bonds. The minimum Gasteiger partial charge on any atom is -0.333 e. The topological polar surface area (TPSA) is 91.7 Å².